The van der Waals surface area contributed by atoms with Crippen LogP contribution in [0.1, 0.15) is 41.7 Å². The summed E-state index contributed by atoms with van der Waals surface area (Å²) in [7, 11) is 3.34. The highest BCUT2D eigenvalue weighted by Crippen LogP contribution is 2.54. The summed E-state index contributed by atoms with van der Waals surface area (Å²) in [4.78, 5) is 35.5. The Hall–Kier alpha value is -2.88. The van der Waals surface area contributed by atoms with Gasteiger partial charge in [0, 0.05) is 27.2 Å². The molecule has 1 spiro atoms. The molecule has 2 aliphatic rings. The predicted molar refractivity (Wildman–Crippen MR) is 98.2 cm³/mol. The van der Waals surface area contributed by atoms with Crippen LogP contribution >= 0.6 is 0 Å². The first-order valence-corrected chi connectivity index (χ1v) is 8.88. The third-order valence-corrected chi connectivity index (χ3v) is 5.67. The van der Waals surface area contributed by atoms with Crippen LogP contribution in [-0.4, -0.2) is 48.0 Å². The minimum Gasteiger partial charge on any atom is -0.368 e. The number of rotatable bonds is 2. The number of hydrogen-bond acceptors (Lipinski definition) is 5. The van der Waals surface area contributed by atoms with Crippen LogP contribution in [0.2, 0.25) is 0 Å². The first-order chi connectivity index (χ1) is 12.4. The van der Waals surface area contributed by atoms with Crippen LogP contribution in [0.25, 0.3) is 11.0 Å². The van der Waals surface area contributed by atoms with E-state index >= 15 is 0 Å². The number of nitriles is 1. The molecule has 2 fully saturated rings. The van der Waals surface area contributed by atoms with Crippen LogP contribution in [0.15, 0.2) is 16.9 Å². The van der Waals surface area contributed by atoms with Crippen molar-refractivity contribution < 1.29 is 4.79 Å². The zero-order valence-corrected chi connectivity index (χ0v) is 15.0. The second-order valence-electron chi connectivity index (χ2n) is 7.57. The molecule has 0 bridgehead atoms. The molecule has 7 heteroatoms. The molecule has 2 aromatic rings. The number of aromatic nitrogens is 2. The Morgan fingerprint density at radius 1 is 1.27 bits per heavy atom. The van der Waals surface area contributed by atoms with E-state index in [9.17, 15) is 14.9 Å². The number of pyridine rings is 2. The molecular weight excluding hydrogens is 330 g/mol. The second-order valence-corrected chi connectivity index (χ2v) is 7.57. The first-order valence-electron chi connectivity index (χ1n) is 8.88. The Kier molecular flexibility index (Phi) is 3.72. The Morgan fingerprint density at radius 2 is 1.96 bits per heavy atom. The van der Waals surface area contributed by atoms with Gasteiger partial charge in [-0.25, -0.2) is 4.98 Å². The SMILES string of the molecule is CN(C)C(=O)c1ccc2[nH]c(=O)c(C#N)c(N3CCC4(CC3)CC4)c2n1. The number of amides is 1. The van der Waals surface area contributed by atoms with Gasteiger partial charge in [-0.3, -0.25) is 9.59 Å². The summed E-state index contributed by atoms with van der Waals surface area (Å²) in [6.45, 7) is 1.61. The predicted octanol–water partition coefficient (Wildman–Crippen LogP) is 1.88. The highest BCUT2D eigenvalue weighted by atomic mass is 16.2. The van der Waals surface area contributed by atoms with Crippen molar-refractivity contribution in [2.24, 2.45) is 5.41 Å². The molecule has 0 unspecified atom stereocenters. The van der Waals surface area contributed by atoms with Crippen molar-refractivity contribution in [2.45, 2.75) is 25.7 Å². The van der Waals surface area contributed by atoms with Gasteiger partial charge in [-0.2, -0.15) is 5.26 Å². The lowest BCUT2D eigenvalue weighted by molar-refractivity contribution is 0.0822. The number of nitrogens with one attached hydrogen (secondary N) is 1. The Bertz CT molecular complexity index is 987. The number of anilines is 1. The van der Waals surface area contributed by atoms with E-state index in [1.165, 1.54) is 17.7 Å². The quantitative estimate of drug-likeness (QED) is 0.892. The van der Waals surface area contributed by atoms with Gasteiger partial charge in [0.15, 0.2) is 0 Å². The lowest BCUT2D eigenvalue weighted by Crippen LogP contribution is -2.36. The lowest BCUT2D eigenvalue weighted by Gasteiger charge is -2.34. The highest BCUT2D eigenvalue weighted by molar-refractivity contribution is 5.97. The number of hydrogen-bond donors (Lipinski definition) is 1. The number of fused-ring (bicyclic) bond motifs is 1. The van der Waals surface area contributed by atoms with E-state index in [4.69, 9.17) is 0 Å². The molecule has 1 saturated heterocycles. The minimum atomic E-state index is -0.407. The summed E-state index contributed by atoms with van der Waals surface area (Å²) >= 11 is 0. The van der Waals surface area contributed by atoms with Gasteiger partial charge < -0.3 is 14.8 Å². The van der Waals surface area contributed by atoms with E-state index in [0.717, 1.165) is 25.9 Å². The van der Waals surface area contributed by atoms with E-state index < -0.39 is 5.56 Å². The van der Waals surface area contributed by atoms with Gasteiger partial charge in [-0.1, -0.05) is 0 Å². The van der Waals surface area contributed by atoms with Crippen molar-refractivity contribution in [2.75, 3.05) is 32.1 Å². The number of carbonyl (C=O) groups excluding carboxylic acids is 1. The van der Waals surface area contributed by atoms with Crippen LogP contribution in [-0.2, 0) is 0 Å². The molecule has 1 aliphatic heterocycles. The monoisotopic (exact) mass is 351 g/mol. The third-order valence-electron chi connectivity index (χ3n) is 5.67. The number of piperidine rings is 1. The van der Waals surface area contributed by atoms with Crippen molar-refractivity contribution in [3.05, 3.63) is 33.7 Å². The second kappa shape index (κ2) is 5.84. The lowest BCUT2D eigenvalue weighted by atomic mass is 9.93. The van der Waals surface area contributed by atoms with E-state index in [0.29, 0.717) is 27.8 Å². The molecule has 0 atom stereocenters. The zero-order chi connectivity index (χ0) is 18.5. The zero-order valence-electron chi connectivity index (χ0n) is 15.0. The minimum absolute atomic E-state index is 0.0752. The van der Waals surface area contributed by atoms with Crippen molar-refractivity contribution in [1.29, 1.82) is 5.26 Å². The molecule has 26 heavy (non-hydrogen) atoms. The van der Waals surface area contributed by atoms with Gasteiger partial charge in [0.1, 0.15) is 22.8 Å². The van der Waals surface area contributed by atoms with Crippen LogP contribution in [0, 0.1) is 16.7 Å². The van der Waals surface area contributed by atoms with Crippen LogP contribution in [0.5, 0.6) is 0 Å². The molecule has 7 nitrogen and oxygen atoms in total. The molecule has 1 amide bonds. The van der Waals surface area contributed by atoms with Gasteiger partial charge in [0.25, 0.3) is 11.5 Å². The molecule has 1 aliphatic carbocycles. The maximum Gasteiger partial charge on any atom is 0.271 e. The fourth-order valence-electron chi connectivity index (χ4n) is 3.79. The molecule has 1 N–H and O–H groups in total. The van der Waals surface area contributed by atoms with Crippen molar-refractivity contribution in [1.82, 2.24) is 14.9 Å². The largest absolute Gasteiger partial charge is 0.368 e. The number of carbonyl (C=O) groups is 1. The van der Waals surface area contributed by atoms with Gasteiger partial charge in [-0.15, -0.1) is 0 Å². The first kappa shape index (κ1) is 16.6. The smallest absolute Gasteiger partial charge is 0.271 e. The highest BCUT2D eigenvalue weighted by Gasteiger charge is 2.45. The maximum absolute atomic E-state index is 12.4. The standard InChI is InChI=1S/C19H21N5O2/c1-23(2)18(26)14-4-3-13-15(21-14)16(12(11-20)17(25)22-13)24-9-7-19(5-6-19)8-10-24/h3-4H,5-10H2,1-2H3,(H,22,25). The van der Waals surface area contributed by atoms with Crippen LogP contribution in [0.3, 0.4) is 0 Å². The maximum atomic E-state index is 12.4. The fourth-order valence-corrected chi connectivity index (χ4v) is 3.79. The molecule has 1 saturated carbocycles. The molecule has 2 aromatic heterocycles. The normalized spacial score (nSPS) is 18.0. The van der Waals surface area contributed by atoms with Gasteiger partial charge in [0.05, 0.1) is 11.2 Å². The third kappa shape index (κ3) is 2.62. The summed E-state index contributed by atoms with van der Waals surface area (Å²) in [5, 5.41) is 9.57. The Balaban J connectivity index is 1.87. The Morgan fingerprint density at radius 3 is 2.54 bits per heavy atom. The topological polar surface area (TPSA) is 93.1 Å². The fraction of sp³-hybridized carbons (Fsp3) is 0.474. The van der Waals surface area contributed by atoms with E-state index in [1.807, 2.05) is 6.07 Å². The van der Waals surface area contributed by atoms with Gasteiger partial charge in [0.2, 0.25) is 0 Å². The molecular formula is C19H21N5O2. The van der Waals surface area contributed by atoms with E-state index in [-0.39, 0.29) is 11.5 Å². The molecule has 3 heterocycles. The van der Waals surface area contributed by atoms with Gasteiger partial charge >= 0.3 is 0 Å². The molecule has 4 rings (SSSR count). The number of aromatic amines is 1. The molecule has 134 valence electrons. The summed E-state index contributed by atoms with van der Waals surface area (Å²) in [5.74, 6) is -0.210. The van der Waals surface area contributed by atoms with Gasteiger partial charge in [-0.05, 0) is 43.2 Å². The molecule has 0 aromatic carbocycles. The number of H-pyrrole nitrogens is 1. The van der Waals surface area contributed by atoms with Crippen LogP contribution in [0.4, 0.5) is 5.69 Å². The van der Waals surface area contributed by atoms with Crippen molar-refractivity contribution >= 4 is 22.6 Å². The average molecular weight is 351 g/mol. The summed E-state index contributed by atoms with van der Waals surface area (Å²) in [6.07, 6.45) is 4.70. The van der Waals surface area contributed by atoms with Crippen molar-refractivity contribution in [3.63, 3.8) is 0 Å². The average Bonchev–Trinajstić information content (AvgIpc) is 3.39. The summed E-state index contributed by atoms with van der Waals surface area (Å²) in [5.41, 5.74) is 2.08. The molecule has 0 radical (unpaired) electrons. The number of nitrogens with zero attached hydrogens (tertiary/aromatic N) is 4. The van der Waals surface area contributed by atoms with E-state index in [1.54, 1.807) is 26.2 Å². The van der Waals surface area contributed by atoms with Crippen LogP contribution < -0.4 is 10.5 Å². The summed E-state index contributed by atoms with van der Waals surface area (Å²) in [6, 6.07) is 5.34. The van der Waals surface area contributed by atoms with E-state index in [2.05, 4.69) is 14.9 Å². The Labute approximate surface area is 151 Å². The van der Waals surface area contributed by atoms with Crippen molar-refractivity contribution in [3.8, 4) is 6.07 Å². The summed E-state index contributed by atoms with van der Waals surface area (Å²) < 4.78 is 0.